The monoisotopic (exact) mass is 136 g/mol. The minimum Gasteiger partial charge on any atom is -0.283 e. The molecule has 10 heavy (non-hydrogen) atoms. The molecule has 2 nitrogen and oxygen atoms in total. The smallest absolute Gasteiger partial charge is 0.181 e. The summed E-state index contributed by atoms with van der Waals surface area (Å²) in [5.41, 5.74) is 2.39. The predicted molar refractivity (Wildman–Crippen MR) is 45.3 cm³/mol. The fourth-order valence-corrected chi connectivity index (χ4v) is 0.857. The normalized spacial score (nSPS) is 10.4. The van der Waals surface area contributed by atoms with Crippen LogP contribution in [0.5, 0.6) is 0 Å². The van der Waals surface area contributed by atoms with E-state index in [1.54, 1.807) is 0 Å². The second-order valence-electron chi connectivity index (χ2n) is 2.82. The Bertz CT molecular complexity index is 205. The van der Waals surface area contributed by atoms with Crippen molar-refractivity contribution in [2.75, 3.05) is 0 Å². The third-order valence-electron chi connectivity index (χ3n) is 1.63. The van der Waals surface area contributed by atoms with Crippen molar-refractivity contribution in [3.05, 3.63) is 11.8 Å². The summed E-state index contributed by atoms with van der Waals surface area (Å²) in [5, 5.41) is 7.14. The molecule has 0 radical (unpaired) electrons. The van der Waals surface area contributed by atoms with Crippen LogP contribution in [0.2, 0.25) is 6.82 Å². The van der Waals surface area contributed by atoms with Gasteiger partial charge < -0.3 is 0 Å². The average molecular weight is 136 g/mol. The molecule has 3 heteroatoms. The number of H-pyrrole nitrogens is 1. The Morgan fingerprint density at radius 1 is 1.60 bits per heavy atom. The van der Waals surface area contributed by atoms with Crippen molar-refractivity contribution in [2.45, 2.75) is 26.6 Å². The largest absolute Gasteiger partial charge is 0.283 e. The van der Waals surface area contributed by atoms with Gasteiger partial charge in [-0.25, -0.2) is 0 Å². The molecule has 0 aliphatic heterocycles. The Hall–Kier alpha value is -0.725. The topological polar surface area (TPSA) is 28.7 Å². The van der Waals surface area contributed by atoms with Crippen LogP contribution in [0.3, 0.4) is 0 Å². The van der Waals surface area contributed by atoms with Gasteiger partial charge in [0.25, 0.3) is 0 Å². The Labute approximate surface area is 62.3 Å². The molecule has 0 aliphatic carbocycles. The molecule has 0 aliphatic rings. The van der Waals surface area contributed by atoms with Crippen LogP contribution in [0, 0.1) is 0 Å². The van der Waals surface area contributed by atoms with E-state index in [-0.39, 0.29) is 0 Å². The summed E-state index contributed by atoms with van der Waals surface area (Å²) in [7, 11) is 1.02. The lowest BCUT2D eigenvalue weighted by Gasteiger charge is -1.96. The van der Waals surface area contributed by atoms with E-state index in [1.807, 2.05) is 0 Å². The maximum absolute atomic E-state index is 4.13. The van der Waals surface area contributed by atoms with Crippen molar-refractivity contribution < 1.29 is 0 Å². The highest BCUT2D eigenvalue weighted by Crippen LogP contribution is 2.07. The Morgan fingerprint density at radius 3 is 2.60 bits per heavy atom. The summed E-state index contributed by atoms with van der Waals surface area (Å²) in [5.74, 6) is 0.563. The van der Waals surface area contributed by atoms with E-state index in [9.17, 15) is 0 Å². The highest BCUT2D eigenvalue weighted by Gasteiger charge is 2.02. The third-order valence-corrected chi connectivity index (χ3v) is 1.63. The second-order valence-corrected chi connectivity index (χ2v) is 2.82. The minimum atomic E-state index is 0.563. The van der Waals surface area contributed by atoms with Gasteiger partial charge in [-0.15, -0.1) is 0 Å². The van der Waals surface area contributed by atoms with Gasteiger partial charge in [-0.1, -0.05) is 20.7 Å². The average Bonchev–Trinajstić information content (AvgIpc) is 2.34. The summed E-state index contributed by atoms with van der Waals surface area (Å²) in [6.07, 6.45) is 0. The van der Waals surface area contributed by atoms with E-state index >= 15 is 0 Å². The fourth-order valence-electron chi connectivity index (χ4n) is 0.857. The maximum atomic E-state index is 4.13. The van der Waals surface area contributed by atoms with Gasteiger partial charge in [-0.05, 0) is 12.0 Å². The van der Waals surface area contributed by atoms with Gasteiger partial charge in [0, 0.05) is 11.3 Å². The number of hydrogen-bond donors (Lipinski definition) is 1. The number of hydrogen-bond acceptors (Lipinski definition) is 1. The van der Waals surface area contributed by atoms with Crippen LogP contribution >= 0.6 is 0 Å². The van der Waals surface area contributed by atoms with Crippen LogP contribution in [0.25, 0.3) is 0 Å². The number of aromatic nitrogens is 2. The van der Waals surface area contributed by atoms with E-state index in [4.69, 9.17) is 0 Å². The number of nitrogens with zero attached hydrogens (tertiary/aromatic N) is 1. The van der Waals surface area contributed by atoms with Gasteiger partial charge >= 0.3 is 0 Å². The number of aromatic amines is 1. The minimum absolute atomic E-state index is 0.563. The fraction of sp³-hybridized carbons (Fsp3) is 0.571. The zero-order valence-corrected chi connectivity index (χ0v) is 6.81. The van der Waals surface area contributed by atoms with Gasteiger partial charge in [-0.3, -0.25) is 5.10 Å². The molecule has 54 valence electrons. The Kier molecular flexibility index (Phi) is 2.15. The quantitative estimate of drug-likeness (QED) is 0.594. The van der Waals surface area contributed by atoms with Crippen LogP contribution in [-0.2, 0) is 0 Å². The van der Waals surface area contributed by atoms with Gasteiger partial charge in [0.2, 0.25) is 0 Å². The highest BCUT2D eigenvalue weighted by molar-refractivity contribution is 6.50. The van der Waals surface area contributed by atoms with E-state index in [0.29, 0.717) is 5.92 Å². The van der Waals surface area contributed by atoms with Crippen molar-refractivity contribution in [3.8, 4) is 0 Å². The zero-order valence-electron chi connectivity index (χ0n) is 6.81. The van der Waals surface area contributed by atoms with Crippen LogP contribution < -0.4 is 5.59 Å². The number of rotatable bonds is 2. The zero-order chi connectivity index (χ0) is 7.56. The molecular weight excluding hydrogens is 123 g/mol. The van der Waals surface area contributed by atoms with E-state index < -0.39 is 0 Å². The molecule has 1 aromatic heterocycles. The summed E-state index contributed by atoms with van der Waals surface area (Å²) in [6.45, 7) is 6.43. The predicted octanol–water partition coefficient (Wildman–Crippen LogP) is 0.643. The Balaban J connectivity index is 2.78. The first kappa shape index (κ1) is 7.38. The summed E-state index contributed by atoms with van der Waals surface area (Å²) >= 11 is 0. The van der Waals surface area contributed by atoms with Crippen molar-refractivity contribution in [1.82, 2.24) is 10.2 Å². The molecule has 0 fully saturated rings. The molecule has 0 spiro atoms. The molecular formula is C7H13BN2. The molecule has 0 bridgehead atoms. The van der Waals surface area contributed by atoms with Crippen LogP contribution in [0.15, 0.2) is 6.07 Å². The molecule has 1 aromatic rings. The lowest BCUT2D eigenvalue weighted by atomic mass is 9.78. The lowest BCUT2D eigenvalue weighted by Crippen LogP contribution is -2.10. The molecule has 0 unspecified atom stereocenters. The van der Waals surface area contributed by atoms with Crippen LogP contribution in [-0.4, -0.2) is 17.5 Å². The van der Waals surface area contributed by atoms with Crippen LogP contribution in [0.1, 0.15) is 25.5 Å². The second kappa shape index (κ2) is 2.91. The molecule has 0 saturated carbocycles. The van der Waals surface area contributed by atoms with E-state index in [0.717, 1.165) is 12.9 Å². The first-order valence-corrected chi connectivity index (χ1v) is 3.78. The molecule has 1 heterocycles. The van der Waals surface area contributed by atoms with Gasteiger partial charge in [0.05, 0.1) is 0 Å². The van der Waals surface area contributed by atoms with Crippen molar-refractivity contribution in [1.29, 1.82) is 0 Å². The summed E-state index contributed by atoms with van der Waals surface area (Å²) in [6, 6.07) is 2.13. The van der Waals surface area contributed by atoms with E-state index in [1.165, 1.54) is 5.69 Å². The van der Waals surface area contributed by atoms with Crippen molar-refractivity contribution >= 4 is 12.9 Å². The first-order chi connectivity index (χ1) is 4.74. The maximum Gasteiger partial charge on any atom is 0.181 e. The van der Waals surface area contributed by atoms with Gasteiger partial charge in [0.1, 0.15) is 0 Å². The van der Waals surface area contributed by atoms with Gasteiger partial charge in [-0.2, -0.15) is 5.10 Å². The molecule has 0 aromatic carbocycles. The lowest BCUT2D eigenvalue weighted by molar-refractivity contribution is 0.811. The van der Waals surface area contributed by atoms with Crippen LogP contribution in [0.4, 0.5) is 0 Å². The van der Waals surface area contributed by atoms with Gasteiger partial charge in [0.15, 0.2) is 7.28 Å². The number of nitrogens with one attached hydrogen (secondary N) is 1. The Morgan fingerprint density at radius 2 is 2.30 bits per heavy atom. The van der Waals surface area contributed by atoms with Crippen molar-refractivity contribution in [2.24, 2.45) is 0 Å². The molecule has 1 N–H and O–H groups in total. The standard InChI is InChI=1S/C7H13BN2/c1-5(2)6-4-7(8-3)10-9-6/h4-5,8H,1-3H3,(H,9,10). The molecule has 1 rings (SSSR count). The molecule has 0 atom stereocenters. The first-order valence-electron chi connectivity index (χ1n) is 3.78. The van der Waals surface area contributed by atoms with Crippen molar-refractivity contribution in [3.63, 3.8) is 0 Å². The summed E-state index contributed by atoms with van der Waals surface area (Å²) < 4.78 is 0. The summed E-state index contributed by atoms with van der Waals surface area (Å²) in [4.78, 5) is 0. The highest BCUT2D eigenvalue weighted by atomic mass is 15.1. The van der Waals surface area contributed by atoms with E-state index in [2.05, 4.69) is 36.9 Å². The third kappa shape index (κ3) is 1.41. The molecule has 0 amide bonds. The SMILES string of the molecule is CBc1cc(C(C)C)[nH]n1. The molecule has 0 saturated heterocycles.